The maximum absolute atomic E-state index is 11.9. The first-order valence-electron chi connectivity index (χ1n) is 6.59. The predicted molar refractivity (Wildman–Crippen MR) is 69.3 cm³/mol. The van der Waals surface area contributed by atoms with E-state index >= 15 is 0 Å². The fourth-order valence-corrected chi connectivity index (χ4v) is 2.78. The summed E-state index contributed by atoms with van der Waals surface area (Å²) >= 11 is 0. The number of anilines is 1. The Balaban J connectivity index is 1.81. The van der Waals surface area contributed by atoms with Crippen LogP contribution in [-0.4, -0.2) is 18.9 Å². The molecule has 1 unspecified atom stereocenters. The molecule has 90 valence electrons. The number of Topliss-reactive ketones (excluding diaryl/α,β-unsaturated/α-hetero) is 1. The standard InChI is InChI=1S/C15H19NO/c1-11-8-13-4-2-3-5-14(13)16(9-11)10-15(17)12-6-7-12/h2-5,11-12H,6-10H2,1H3. The maximum atomic E-state index is 11.9. The van der Waals surface area contributed by atoms with Gasteiger partial charge in [0.05, 0.1) is 6.54 Å². The Morgan fingerprint density at radius 2 is 2.12 bits per heavy atom. The Morgan fingerprint density at radius 1 is 1.35 bits per heavy atom. The number of benzene rings is 1. The third kappa shape index (κ3) is 2.21. The van der Waals surface area contributed by atoms with Gasteiger partial charge in [-0.15, -0.1) is 0 Å². The van der Waals surface area contributed by atoms with Gasteiger partial charge in [-0.1, -0.05) is 25.1 Å². The smallest absolute Gasteiger partial charge is 0.155 e. The first kappa shape index (κ1) is 10.8. The van der Waals surface area contributed by atoms with Crippen LogP contribution in [0.1, 0.15) is 25.3 Å². The predicted octanol–water partition coefficient (Wildman–Crippen LogP) is 2.66. The summed E-state index contributed by atoms with van der Waals surface area (Å²) in [7, 11) is 0. The van der Waals surface area contributed by atoms with Gasteiger partial charge in [-0.25, -0.2) is 0 Å². The molecule has 0 bridgehead atoms. The fraction of sp³-hybridized carbons (Fsp3) is 0.533. The number of para-hydroxylation sites is 1. The molecule has 1 atom stereocenters. The summed E-state index contributed by atoms with van der Waals surface area (Å²) in [5.41, 5.74) is 2.68. The topological polar surface area (TPSA) is 20.3 Å². The van der Waals surface area contributed by atoms with Crippen LogP contribution >= 0.6 is 0 Å². The van der Waals surface area contributed by atoms with E-state index in [2.05, 4.69) is 36.1 Å². The van der Waals surface area contributed by atoms with Gasteiger partial charge in [0.25, 0.3) is 0 Å². The van der Waals surface area contributed by atoms with Crippen LogP contribution in [0.25, 0.3) is 0 Å². The van der Waals surface area contributed by atoms with Crippen molar-refractivity contribution in [2.24, 2.45) is 11.8 Å². The van der Waals surface area contributed by atoms with Gasteiger partial charge in [0.15, 0.2) is 5.78 Å². The second kappa shape index (κ2) is 4.17. The molecule has 2 aliphatic rings. The van der Waals surface area contributed by atoms with Gasteiger partial charge in [-0.3, -0.25) is 4.79 Å². The van der Waals surface area contributed by atoms with Gasteiger partial charge >= 0.3 is 0 Å². The van der Waals surface area contributed by atoms with Crippen molar-refractivity contribution in [1.82, 2.24) is 0 Å². The molecule has 1 aliphatic carbocycles. The molecule has 0 aromatic heterocycles. The number of nitrogens with zero attached hydrogens (tertiary/aromatic N) is 1. The highest BCUT2D eigenvalue weighted by atomic mass is 16.1. The third-order valence-electron chi connectivity index (χ3n) is 3.81. The van der Waals surface area contributed by atoms with Crippen molar-refractivity contribution in [3.63, 3.8) is 0 Å². The molecule has 0 N–H and O–H groups in total. The molecule has 0 amide bonds. The Kier molecular flexibility index (Phi) is 2.65. The van der Waals surface area contributed by atoms with E-state index in [-0.39, 0.29) is 0 Å². The first-order chi connectivity index (χ1) is 8.24. The number of hydrogen-bond acceptors (Lipinski definition) is 2. The van der Waals surface area contributed by atoms with Crippen LogP contribution in [0.4, 0.5) is 5.69 Å². The van der Waals surface area contributed by atoms with E-state index in [9.17, 15) is 4.79 Å². The van der Waals surface area contributed by atoms with Crippen LogP contribution in [-0.2, 0) is 11.2 Å². The van der Waals surface area contributed by atoms with Crippen molar-refractivity contribution in [2.75, 3.05) is 18.0 Å². The van der Waals surface area contributed by atoms with Gasteiger partial charge < -0.3 is 4.90 Å². The highest BCUT2D eigenvalue weighted by molar-refractivity contribution is 5.87. The molecule has 1 saturated carbocycles. The zero-order chi connectivity index (χ0) is 11.8. The molecule has 1 aromatic rings. The van der Waals surface area contributed by atoms with Crippen molar-refractivity contribution in [3.8, 4) is 0 Å². The molecule has 2 heteroatoms. The highest BCUT2D eigenvalue weighted by Gasteiger charge is 2.32. The SMILES string of the molecule is CC1Cc2ccccc2N(CC(=O)C2CC2)C1. The van der Waals surface area contributed by atoms with E-state index in [0.717, 1.165) is 25.8 Å². The fourth-order valence-electron chi connectivity index (χ4n) is 2.78. The van der Waals surface area contributed by atoms with Gasteiger partial charge in [0, 0.05) is 18.2 Å². The van der Waals surface area contributed by atoms with Gasteiger partial charge in [0.1, 0.15) is 0 Å². The summed E-state index contributed by atoms with van der Waals surface area (Å²) in [6, 6.07) is 8.52. The number of rotatable bonds is 3. The maximum Gasteiger partial charge on any atom is 0.155 e. The van der Waals surface area contributed by atoms with Crippen molar-refractivity contribution in [1.29, 1.82) is 0 Å². The molecule has 1 heterocycles. The molecule has 1 fully saturated rings. The van der Waals surface area contributed by atoms with E-state index in [1.54, 1.807) is 0 Å². The molecule has 1 aliphatic heterocycles. The summed E-state index contributed by atoms with van der Waals surface area (Å²) in [5, 5.41) is 0. The second-order valence-electron chi connectivity index (χ2n) is 5.56. The molecule has 0 spiro atoms. The largest absolute Gasteiger partial charge is 0.364 e. The van der Waals surface area contributed by atoms with Crippen molar-refractivity contribution >= 4 is 11.5 Å². The molecule has 17 heavy (non-hydrogen) atoms. The molecule has 0 radical (unpaired) electrons. The average molecular weight is 229 g/mol. The Labute approximate surface area is 103 Å². The van der Waals surface area contributed by atoms with E-state index in [1.165, 1.54) is 11.3 Å². The van der Waals surface area contributed by atoms with E-state index < -0.39 is 0 Å². The summed E-state index contributed by atoms with van der Waals surface area (Å²) in [6.45, 7) is 3.91. The average Bonchev–Trinajstić information content (AvgIpc) is 3.12. The minimum atomic E-state index is 0.374. The minimum absolute atomic E-state index is 0.374. The lowest BCUT2D eigenvalue weighted by Crippen LogP contribution is -2.38. The van der Waals surface area contributed by atoms with Crippen LogP contribution in [0, 0.1) is 11.8 Å². The molecule has 2 nitrogen and oxygen atoms in total. The van der Waals surface area contributed by atoms with Crippen molar-refractivity contribution < 1.29 is 4.79 Å². The summed E-state index contributed by atoms with van der Waals surface area (Å²) < 4.78 is 0. The molecule has 0 saturated heterocycles. The molecular weight excluding hydrogens is 210 g/mol. The van der Waals surface area contributed by atoms with Crippen molar-refractivity contribution in [3.05, 3.63) is 29.8 Å². The monoisotopic (exact) mass is 229 g/mol. The minimum Gasteiger partial charge on any atom is -0.364 e. The second-order valence-corrected chi connectivity index (χ2v) is 5.56. The number of fused-ring (bicyclic) bond motifs is 1. The van der Waals surface area contributed by atoms with E-state index in [1.807, 2.05) is 0 Å². The third-order valence-corrected chi connectivity index (χ3v) is 3.81. The van der Waals surface area contributed by atoms with Crippen LogP contribution in [0.5, 0.6) is 0 Å². The number of hydrogen-bond donors (Lipinski definition) is 0. The Bertz CT molecular complexity index is 436. The molecule has 3 rings (SSSR count). The lowest BCUT2D eigenvalue weighted by atomic mass is 9.93. The van der Waals surface area contributed by atoms with Gasteiger partial charge in [-0.05, 0) is 36.8 Å². The molecular formula is C15H19NO. The normalized spacial score (nSPS) is 23.4. The number of carbonyl (C=O) groups excluding carboxylic acids is 1. The quantitative estimate of drug-likeness (QED) is 0.794. The number of ketones is 1. The zero-order valence-electron chi connectivity index (χ0n) is 10.4. The first-order valence-corrected chi connectivity index (χ1v) is 6.59. The van der Waals surface area contributed by atoms with Crippen LogP contribution in [0.2, 0.25) is 0 Å². The van der Waals surface area contributed by atoms with Gasteiger partial charge in [-0.2, -0.15) is 0 Å². The highest BCUT2D eigenvalue weighted by Crippen LogP contribution is 2.33. The van der Waals surface area contributed by atoms with Crippen LogP contribution < -0.4 is 4.90 Å². The van der Waals surface area contributed by atoms with E-state index in [0.29, 0.717) is 24.2 Å². The van der Waals surface area contributed by atoms with Crippen LogP contribution in [0.15, 0.2) is 24.3 Å². The Hall–Kier alpha value is -1.31. The Morgan fingerprint density at radius 3 is 2.88 bits per heavy atom. The van der Waals surface area contributed by atoms with E-state index in [4.69, 9.17) is 0 Å². The zero-order valence-corrected chi connectivity index (χ0v) is 10.4. The molecule has 1 aromatic carbocycles. The lowest BCUT2D eigenvalue weighted by Gasteiger charge is -2.34. The number of carbonyl (C=O) groups is 1. The van der Waals surface area contributed by atoms with Crippen LogP contribution in [0.3, 0.4) is 0 Å². The summed E-state index contributed by atoms with van der Waals surface area (Å²) in [6.07, 6.45) is 3.37. The van der Waals surface area contributed by atoms with Gasteiger partial charge in [0.2, 0.25) is 0 Å². The van der Waals surface area contributed by atoms with Crippen molar-refractivity contribution in [2.45, 2.75) is 26.2 Å². The summed E-state index contributed by atoms with van der Waals surface area (Å²) in [5.74, 6) is 1.46. The lowest BCUT2D eigenvalue weighted by molar-refractivity contribution is -0.118. The summed E-state index contributed by atoms with van der Waals surface area (Å²) in [4.78, 5) is 14.2.